The molecule has 0 saturated heterocycles. The lowest BCUT2D eigenvalue weighted by Crippen LogP contribution is -2.00. The van der Waals surface area contributed by atoms with Gasteiger partial charge in [-0.1, -0.05) is 24.3 Å². The molecule has 4 heteroatoms. The summed E-state index contributed by atoms with van der Waals surface area (Å²) in [6.07, 6.45) is 0.630. The molecule has 2 rings (SSSR count). The number of hydrogen-bond acceptors (Lipinski definition) is 3. The third kappa shape index (κ3) is 3.45. The minimum Gasteiger partial charge on any atom is -0.505 e. The lowest BCUT2D eigenvalue weighted by atomic mass is 10.1. The van der Waals surface area contributed by atoms with E-state index in [2.05, 4.69) is 5.32 Å². The zero-order chi connectivity index (χ0) is 13.7. The van der Waals surface area contributed by atoms with E-state index in [4.69, 9.17) is 5.11 Å². The fourth-order valence-corrected chi connectivity index (χ4v) is 1.82. The molecule has 100 valence electrons. The van der Waals surface area contributed by atoms with Crippen molar-refractivity contribution in [3.63, 3.8) is 0 Å². The Balaban J connectivity index is 2.00. The number of aromatic hydroxyl groups is 1. The van der Waals surface area contributed by atoms with Crippen molar-refractivity contribution < 1.29 is 14.6 Å². The van der Waals surface area contributed by atoms with Crippen LogP contribution in [0.25, 0.3) is 0 Å². The molecule has 2 aromatic carbocycles. The summed E-state index contributed by atoms with van der Waals surface area (Å²) in [5.41, 5.74) is 2.45. The van der Waals surface area contributed by atoms with Crippen LogP contribution in [0.4, 0.5) is 10.1 Å². The van der Waals surface area contributed by atoms with Crippen molar-refractivity contribution in [1.82, 2.24) is 0 Å². The number of aliphatic hydroxyl groups is 1. The Labute approximate surface area is 111 Å². The van der Waals surface area contributed by atoms with Gasteiger partial charge in [-0.3, -0.25) is 0 Å². The monoisotopic (exact) mass is 261 g/mol. The Kier molecular flexibility index (Phi) is 4.36. The maximum absolute atomic E-state index is 13.1. The average molecular weight is 261 g/mol. The summed E-state index contributed by atoms with van der Waals surface area (Å²) in [4.78, 5) is 0. The van der Waals surface area contributed by atoms with Gasteiger partial charge in [0.1, 0.15) is 0 Å². The van der Waals surface area contributed by atoms with Crippen LogP contribution >= 0.6 is 0 Å². The molecule has 2 aromatic rings. The standard InChI is InChI=1S/C15H16FNO2/c16-14-3-1-2-12(15(14)19)10-17-13-6-4-11(5-7-13)8-9-18/h1-7,17-19H,8-10H2. The van der Waals surface area contributed by atoms with Crippen molar-refractivity contribution in [3.05, 3.63) is 59.4 Å². The Bertz CT molecular complexity index is 540. The first kappa shape index (κ1) is 13.4. The van der Waals surface area contributed by atoms with E-state index >= 15 is 0 Å². The smallest absolute Gasteiger partial charge is 0.165 e. The van der Waals surface area contributed by atoms with Gasteiger partial charge in [0.05, 0.1) is 0 Å². The fourth-order valence-electron chi connectivity index (χ4n) is 1.82. The van der Waals surface area contributed by atoms with Crippen molar-refractivity contribution in [3.8, 4) is 5.75 Å². The third-order valence-corrected chi connectivity index (χ3v) is 2.91. The molecule has 0 aromatic heterocycles. The van der Waals surface area contributed by atoms with E-state index in [9.17, 15) is 9.50 Å². The minimum absolute atomic E-state index is 0.129. The van der Waals surface area contributed by atoms with Crippen molar-refractivity contribution >= 4 is 5.69 Å². The summed E-state index contributed by atoms with van der Waals surface area (Å²) in [7, 11) is 0. The van der Waals surface area contributed by atoms with Gasteiger partial charge in [-0.25, -0.2) is 4.39 Å². The van der Waals surface area contributed by atoms with E-state index in [-0.39, 0.29) is 12.4 Å². The lowest BCUT2D eigenvalue weighted by Gasteiger charge is -2.09. The maximum Gasteiger partial charge on any atom is 0.165 e. The number of para-hydroxylation sites is 1. The zero-order valence-corrected chi connectivity index (χ0v) is 10.4. The normalized spacial score (nSPS) is 10.4. The molecule has 0 bridgehead atoms. The van der Waals surface area contributed by atoms with Gasteiger partial charge < -0.3 is 15.5 Å². The molecule has 0 fully saturated rings. The van der Waals surface area contributed by atoms with Gasteiger partial charge in [-0.05, 0) is 30.2 Å². The molecule has 0 aliphatic carbocycles. The number of rotatable bonds is 5. The highest BCUT2D eigenvalue weighted by molar-refractivity contribution is 5.46. The van der Waals surface area contributed by atoms with E-state index in [1.54, 1.807) is 12.1 Å². The summed E-state index contributed by atoms with van der Waals surface area (Å²) in [6.45, 7) is 0.479. The highest BCUT2D eigenvalue weighted by Gasteiger charge is 2.05. The lowest BCUT2D eigenvalue weighted by molar-refractivity contribution is 0.299. The van der Waals surface area contributed by atoms with Crippen molar-refractivity contribution in [1.29, 1.82) is 0 Å². The van der Waals surface area contributed by atoms with E-state index in [1.807, 2.05) is 24.3 Å². The number of nitrogens with one attached hydrogen (secondary N) is 1. The second-order valence-corrected chi connectivity index (χ2v) is 4.27. The molecule has 0 aliphatic rings. The van der Waals surface area contributed by atoms with Crippen LogP contribution in [0, 0.1) is 5.82 Å². The average Bonchev–Trinajstić information content (AvgIpc) is 2.42. The number of phenols is 1. The third-order valence-electron chi connectivity index (χ3n) is 2.91. The second-order valence-electron chi connectivity index (χ2n) is 4.27. The molecule has 0 saturated carbocycles. The maximum atomic E-state index is 13.1. The molecule has 0 heterocycles. The first-order valence-electron chi connectivity index (χ1n) is 6.10. The van der Waals surface area contributed by atoms with Gasteiger partial charge in [0.2, 0.25) is 0 Å². The molecule has 0 unspecified atom stereocenters. The summed E-state index contributed by atoms with van der Waals surface area (Å²) >= 11 is 0. The number of benzene rings is 2. The van der Waals surface area contributed by atoms with Crippen LogP contribution < -0.4 is 5.32 Å². The van der Waals surface area contributed by atoms with E-state index in [0.29, 0.717) is 18.5 Å². The Morgan fingerprint density at radius 1 is 1.05 bits per heavy atom. The topological polar surface area (TPSA) is 52.5 Å². The second kappa shape index (κ2) is 6.20. The predicted molar refractivity (Wildman–Crippen MR) is 72.6 cm³/mol. The van der Waals surface area contributed by atoms with Crippen LogP contribution in [0.15, 0.2) is 42.5 Å². The summed E-state index contributed by atoms with van der Waals surface area (Å²) in [6, 6.07) is 12.1. The molecular formula is C15H16FNO2. The molecular weight excluding hydrogens is 245 g/mol. The van der Waals surface area contributed by atoms with E-state index < -0.39 is 5.82 Å². The Hall–Kier alpha value is -2.07. The van der Waals surface area contributed by atoms with E-state index in [0.717, 1.165) is 11.3 Å². The number of anilines is 1. The van der Waals surface area contributed by atoms with Crippen molar-refractivity contribution in [2.75, 3.05) is 11.9 Å². The summed E-state index contributed by atoms with van der Waals surface area (Å²) in [5.74, 6) is -0.926. The van der Waals surface area contributed by atoms with Crippen LogP contribution in [-0.2, 0) is 13.0 Å². The molecule has 3 N–H and O–H groups in total. The molecule has 0 aliphatic heterocycles. The van der Waals surface area contributed by atoms with Gasteiger partial charge in [0, 0.05) is 24.4 Å². The van der Waals surface area contributed by atoms with Gasteiger partial charge in [-0.15, -0.1) is 0 Å². The highest BCUT2D eigenvalue weighted by atomic mass is 19.1. The quantitative estimate of drug-likeness (QED) is 0.775. The Morgan fingerprint density at radius 2 is 1.79 bits per heavy atom. The first-order valence-corrected chi connectivity index (χ1v) is 6.10. The van der Waals surface area contributed by atoms with Crippen molar-refractivity contribution in [2.24, 2.45) is 0 Å². The van der Waals surface area contributed by atoms with Crippen LogP contribution in [0.2, 0.25) is 0 Å². The molecule has 0 radical (unpaired) electrons. The zero-order valence-electron chi connectivity index (χ0n) is 10.4. The minimum atomic E-state index is -0.613. The largest absolute Gasteiger partial charge is 0.505 e. The van der Waals surface area contributed by atoms with Crippen LogP contribution in [-0.4, -0.2) is 16.8 Å². The summed E-state index contributed by atoms with van der Waals surface area (Å²) < 4.78 is 13.1. The molecule has 0 atom stereocenters. The predicted octanol–water partition coefficient (Wildman–Crippen LogP) is 2.68. The number of halogens is 1. The molecule has 3 nitrogen and oxygen atoms in total. The molecule has 19 heavy (non-hydrogen) atoms. The number of hydrogen-bond donors (Lipinski definition) is 3. The van der Waals surface area contributed by atoms with E-state index in [1.165, 1.54) is 6.07 Å². The van der Waals surface area contributed by atoms with Crippen LogP contribution in [0.3, 0.4) is 0 Å². The summed E-state index contributed by atoms with van der Waals surface area (Å²) in [5, 5.41) is 21.5. The van der Waals surface area contributed by atoms with Crippen molar-refractivity contribution in [2.45, 2.75) is 13.0 Å². The van der Waals surface area contributed by atoms with Crippen LogP contribution in [0.5, 0.6) is 5.75 Å². The molecule has 0 spiro atoms. The SMILES string of the molecule is OCCc1ccc(NCc2cccc(F)c2O)cc1. The van der Waals surface area contributed by atoms with Gasteiger partial charge >= 0.3 is 0 Å². The molecule has 0 amide bonds. The van der Waals surface area contributed by atoms with Crippen LogP contribution in [0.1, 0.15) is 11.1 Å². The fraction of sp³-hybridized carbons (Fsp3) is 0.200. The number of phenolic OH excluding ortho intramolecular Hbond substituents is 1. The van der Waals surface area contributed by atoms with Gasteiger partial charge in [0.15, 0.2) is 11.6 Å². The Morgan fingerprint density at radius 3 is 2.47 bits per heavy atom. The first-order chi connectivity index (χ1) is 9.20. The highest BCUT2D eigenvalue weighted by Crippen LogP contribution is 2.21. The number of aliphatic hydroxyl groups excluding tert-OH is 1. The van der Waals surface area contributed by atoms with Gasteiger partial charge in [-0.2, -0.15) is 0 Å². The van der Waals surface area contributed by atoms with Gasteiger partial charge in [0.25, 0.3) is 0 Å².